The molecule has 0 aromatic heterocycles. The van der Waals surface area contributed by atoms with Gasteiger partial charge in [-0.3, -0.25) is 9.59 Å². The fraction of sp³-hybridized carbons (Fsp3) is 0.529. The van der Waals surface area contributed by atoms with Gasteiger partial charge in [-0.15, -0.1) is 12.4 Å². The molecule has 1 saturated heterocycles. The van der Waals surface area contributed by atoms with Crippen molar-refractivity contribution >= 4 is 24.2 Å². The van der Waals surface area contributed by atoms with Gasteiger partial charge >= 0.3 is 0 Å². The third kappa shape index (κ3) is 5.84. The molecule has 0 radical (unpaired) electrons. The third-order valence-corrected chi connectivity index (χ3v) is 3.79. The van der Waals surface area contributed by atoms with E-state index in [4.69, 9.17) is 5.73 Å². The SMILES string of the molecule is CC(C)(N)CNC(=O)C1CCCN1C(=O)Cc1ccccc1.Cl. The van der Waals surface area contributed by atoms with Gasteiger partial charge in [0.2, 0.25) is 11.8 Å². The summed E-state index contributed by atoms with van der Waals surface area (Å²) in [6, 6.07) is 9.26. The van der Waals surface area contributed by atoms with Crippen LogP contribution in [-0.2, 0) is 16.0 Å². The lowest BCUT2D eigenvalue weighted by Crippen LogP contribution is -2.51. The Kier molecular flexibility index (Phi) is 7.03. The predicted molar refractivity (Wildman–Crippen MR) is 93.4 cm³/mol. The summed E-state index contributed by atoms with van der Waals surface area (Å²) in [6.45, 7) is 4.78. The van der Waals surface area contributed by atoms with Crippen LogP contribution in [0.2, 0.25) is 0 Å². The van der Waals surface area contributed by atoms with Crippen LogP contribution in [0.15, 0.2) is 30.3 Å². The lowest BCUT2D eigenvalue weighted by atomic mass is 10.1. The van der Waals surface area contributed by atoms with Crippen molar-refractivity contribution in [3.8, 4) is 0 Å². The van der Waals surface area contributed by atoms with Gasteiger partial charge in [0.25, 0.3) is 0 Å². The number of hydrogen-bond donors (Lipinski definition) is 2. The number of benzene rings is 1. The summed E-state index contributed by atoms with van der Waals surface area (Å²) < 4.78 is 0. The number of carbonyl (C=O) groups excluding carboxylic acids is 2. The molecule has 6 heteroatoms. The van der Waals surface area contributed by atoms with E-state index in [9.17, 15) is 9.59 Å². The second kappa shape index (κ2) is 8.31. The molecule has 1 unspecified atom stereocenters. The average Bonchev–Trinajstić information content (AvgIpc) is 2.94. The molecule has 1 fully saturated rings. The molecule has 2 amide bonds. The van der Waals surface area contributed by atoms with Crippen LogP contribution in [0, 0.1) is 0 Å². The Labute approximate surface area is 144 Å². The van der Waals surface area contributed by atoms with Crippen molar-refractivity contribution < 1.29 is 9.59 Å². The lowest BCUT2D eigenvalue weighted by molar-refractivity contribution is -0.138. The Morgan fingerprint density at radius 1 is 1.30 bits per heavy atom. The fourth-order valence-electron chi connectivity index (χ4n) is 2.64. The molecule has 128 valence electrons. The van der Waals surface area contributed by atoms with E-state index in [1.54, 1.807) is 4.90 Å². The number of halogens is 1. The Morgan fingerprint density at radius 2 is 1.96 bits per heavy atom. The molecule has 0 aliphatic carbocycles. The number of hydrogen-bond acceptors (Lipinski definition) is 3. The minimum atomic E-state index is -0.451. The van der Waals surface area contributed by atoms with Crippen LogP contribution in [0.1, 0.15) is 32.3 Å². The van der Waals surface area contributed by atoms with E-state index >= 15 is 0 Å². The summed E-state index contributed by atoms with van der Waals surface area (Å²) in [4.78, 5) is 26.5. The first-order valence-corrected chi connectivity index (χ1v) is 7.77. The molecule has 1 aromatic rings. The number of nitrogens with two attached hydrogens (primary N) is 1. The number of nitrogens with one attached hydrogen (secondary N) is 1. The molecule has 23 heavy (non-hydrogen) atoms. The standard InChI is InChI=1S/C17H25N3O2.ClH/c1-17(2,18)12-19-16(22)14-9-6-10-20(14)15(21)11-13-7-4-3-5-8-13;/h3-5,7-8,14H,6,9-12,18H2,1-2H3,(H,19,22);1H. The highest BCUT2D eigenvalue weighted by atomic mass is 35.5. The molecular weight excluding hydrogens is 314 g/mol. The number of likely N-dealkylation sites (tertiary alicyclic amines) is 1. The smallest absolute Gasteiger partial charge is 0.242 e. The van der Waals surface area contributed by atoms with Gasteiger partial charge in [-0.05, 0) is 32.3 Å². The van der Waals surface area contributed by atoms with E-state index in [-0.39, 0.29) is 30.3 Å². The van der Waals surface area contributed by atoms with Crippen molar-refractivity contribution in [3.63, 3.8) is 0 Å². The van der Waals surface area contributed by atoms with Crippen molar-refractivity contribution in [1.82, 2.24) is 10.2 Å². The molecule has 1 atom stereocenters. The van der Waals surface area contributed by atoms with Gasteiger partial charge < -0.3 is 16.0 Å². The second-order valence-electron chi connectivity index (χ2n) is 6.61. The van der Waals surface area contributed by atoms with Crippen molar-refractivity contribution in [2.24, 2.45) is 5.73 Å². The van der Waals surface area contributed by atoms with E-state index in [1.807, 2.05) is 44.2 Å². The Balaban J connectivity index is 0.00000264. The van der Waals surface area contributed by atoms with Gasteiger partial charge in [-0.1, -0.05) is 30.3 Å². The topological polar surface area (TPSA) is 75.4 Å². The summed E-state index contributed by atoms with van der Waals surface area (Å²) in [5, 5.41) is 2.86. The monoisotopic (exact) mass is 339 g/mol. The first kappa shape index (κ1) is 19.5. The van der Waals surface area contributed by atoms with Gasteiger partial charge in [-0.2, -0.15) is 0 Å². The Hall–Kier alpha value is -1.59. The van der Waals surface area contributed by atoms with Gasteiger partial charge in [0.15, 0.2) is 0 Å². The summed E-state index contributed by atoms with van der Waals surface area (Å²) in [5.41, 5.74) is 6.41. The first-order chi connectivity index (χ1) is 10.4. The highest BCUT2D eigenvalue weighted by Crippen LogP contribution is 2.19. The zero-order valence-electron chi connectivity index (χ0n) is 13.7. The summed E-state index contributed by atoms with van der Waals surface area (Å²) in [7, 11) is 0. The quantitative estimate of drug-likeness (QED) is 0.853. The largest absolute Gasteiger partial charge is 0.352 e. The van der Waals surface area contributed by atoms with E-state index in [0.29, 0.717) is 19.5 Å². The first-order valence-electron chi connectivity index (χ1n) is 7.77. The predicted octanol–water partition coefficient (Wildman–Crippen LogP) is 1.50. The van der Waals surface area contributed by atoms with Crippen LogP contribution < -0.4 is 11.1 Å². The van der Waals surface area contributed by atoms with Crippen LogP contribution in [-0.4, -0.2) is 41.4 Å². The molecule has 1 heterocycles. The second-order valence-corrected chi connectivity index (χ2v) is 6.61. The Morgan fingerprint density at radius 3 is 2.57 bits per heavy atom. The molecular formula is C17H26ClN3O2. The van der Waals surface area contributed by atoms with Gasteiger partial charge in [0.1, 0.15) is 6.04 Å². The van der Waals surface area contributed by atoms with Crippen LogP contribution >= 0.6 is 12.4 Å². The highest BCUT2D eigenvalue weighted by Gasteiger charge is 2.34. The third-order valence-electron chi connectivity index (χ3n) is 3.79. The van der Waals surface area contributed by atoms with Crippen LogP contribution in [0.5, 0.6) is 0 Å². The molecule has 2 rings (SSSR count). The van der Waals surface area contributed by atoms with Crippen LogP contribution in [0.3, 0.4) is 0 Å². The van der Waals surface area contributed by atoms with Crippen molar-refractivity contribution in [1.29, 1.82) is 0 Å². The van der Waals surface area contributed by atoms with Crippen LogP contribution in [0.25, 0.3) is 0 Å². The number of nitrogens with zero attached hydrogens (tertiary/aromatic N) is 1. The number of carbonyl (C=O) groups is 2. The minimum Gasteiger partial charge on any atom is -0.352 e. The van der Waals surface area contributed by atoms with E-state index in [0.717, 1.165) is 18.4 Å². The van der Waals surface area contributed by atoms with E-state index in [1.165, 1.54) is 0 Å². The molecule has 1 aromatic carbocycles. The summed E-state index contributed by atoms with van der Waals surface area (Å²) >= 11 is 0. The maximum atomic E-state index is 12.5. The van der Waals surface area contributed by atoms with E-state index in [2.05, 4.69) is 5.32 Å². The summed E-state index contributed by atoms with van der Waals surface area (Å²) in [5.74, 6) is -0.0895. The molecule has 0 spiro atoms. The zero-order valence-corrected chi connectivity index (χ0v) is 14.6. The number of amides is 2. The molecule has 1 aliphatic rings. The lowest BCUT2D eigenvalue weighted by Gasteiger charge is -2.26. The van der Waals surface area contributed by atoms with Crippen molar-refractivity contribution in [2.75, 3.05) is 13.1 Å². The Bertz CT molecular complexity index is 528. The number of rotatable bonds is 5. The minimum absolute atomic E-state index is 0. The zero-order chi connectivity index (χ0) is 16.2. The molecule has 0 bridgehead atoms. The summed E-state index contributed by atoms with van der Waals surface area (Å²) in [6.07, 6.45) is 1.93. The maximum Gasteiger partial charge on any atom is 0.242 e. The molecule has 5 nitrogen and oxygen atoms in total. The van der Waals surface area contributed by atoms with Gasteiger partial charge in [0.05, 0.1) is 6.42 Å². The average molecular weight is 340 g/mol. The maximum absolute atomic E-state index is 12.5. The van der Waals surface area contributed by atoms with Gasteiger partial charge in [-0.25, -0.2) is 0 Å². The normalized spacial score (nSPS) is 17.5. The van der Waals surface area contributed by atoms with Gasteiger partial charge in [0, 0.05) is 18.6 Å². The highest BCUT2D eigenvalue weighted by molar-refractivity contribution is 5.89. The molecule has 0 saturated carbocycles. The van der Waals surface area contributed by atoms with E-state index < -0.39 is 5.54 Å². The molecule has 1 aliphatic heterocycles. The van der Waals surface area contributed by atoms with Crippen LogP contribution in [0.4, 0.5) is 0 Å². The van der Waals surface area contributed by atoms with Crippen molar-refractivity contribution in [3.05, 3.63) is 35.9 Å². The molecule has 3 N–H and O–H groups in total. The fourth-order valence-corrected chi connectivity index (χ4v) is 2.64. The van der Waals surface area contributed by atoms with Crippen molar-refractivity contribution in [2.45, 2.75) is 44.7 Å².